The molecular formula is C27H37ClN6O2. The molecule has 1 aliphatic heterocycles. The molecule has 1 saturated carbocycles. The molecule has 194 valence electrons. The number of nitrogens with zero attached hydrogens (tertiary/aromatic N) is 3. The van der Waals surface area contributed by atoms with Crippen molar-refractivity contribution in [1.82, 2.24) is 15.3 Å². The number of anilines is 2. The largest absolute Gasteiger partial charge is 0.383 e. The first kappa shape index (κ1) is 25.2. The van der Waals surface area contributed by atoms with Gasteiger partial charge in [-0.25, -0.2) is 9.97 Å². The predicted molar refractivity (Wildman–Crippen MR) is 143 cm³/mol. The van der Waals surface area contributed by atoms with E-state index in [0.717, 1.165) is 55.6 Å². The van der Waals surface area contributed by atoms with Crippen molar-refractivity contribution >= 4 is 23.2 Å². The number of methoxy groups -OCH3 is 1. The van der Waals surface area contributed by atoms with E-state index in [4.69, 9.17) is 27.4 Å². The van der Waals surface area contributed by atoms with E-state index in [1.165, 1.54) is 0 Å². The van der Waals surface area contributed by atoms with E-state index >= 15 is 0 Å². The average Bonchev–Trinajstić information content (AvgIpc) is 2.90. The fourth-order valence-corrected chi connectivity index (χ4v) is 5.15. The van der Waals surface area contributed by atoms with Gasteiger partial charge in [0.05, 0.1) is 28.8 Å². The lowest BCUT2D eigenvalue weighted by Gasteiger charge is -2.32. The Kier molecular flexibility index (Phi) is 8.89. The number of rotatable bonds is 10. The number of hydrogen-bond acceptors (Lipinski definition) is 8. The molecule has 9 heteroatoms. The van der Waals surface area contributed by atoms with Gasteiger partial charge in [-0.2, -0.15) is 5.26 Å². The monoisotopic (exact) mass is 513 g/mol. The van der Waals surface area contributed by atoms with Gasteiger partial charge in [-0.05, 0) is 63.6 Å². The van der Waals surface area contributed by atoms with Crippen LogP contribution in [0.1, 0.15) is 46.8 Å². The highest BCUT2D eigenvalue weighted by molar-refractivity contribution is 6.33. The van der Waals surface area contributed by atoms with Gasteiger partial charge in [0, 0.05) is 58.1 Å². The van der Waals surface area contributed by atoms with E-state index in [2.05, 4.69) is 27.0 Å². The van der Waals surface area contributed by atoms with Gasteiger partial charge >= 0.3 is 0 Å². The summed E-state index contributed by atoms with van der Waals surface area (Å²) in [5.41, 5.74) is 1.13. The zero-order valence-electron chi connectivity index (χ0n) is 22.1. The molecule has 2 fully saturated rings. The number of halogens is 1. The van der Waals surface area contributed by atoms with Crippen molar-refractivity contribution in [2.45, 2.75) is 63.6 Å². The Bertz CT molecular complexity index is 1080. The first-order valence-electron chi connectivity index (χ1n) is 13.2. The summed E-state index contributed by atoms with van der Waals surface area (Å²) in [5, 5.41) is 20.6. The minimum absolute atomic E-state index is 0.307. The van der Waals surface area contributed by atoms with Crippen molar-refractivity contribution in [1.29, 1.82) is 5.26 Å². The van der Waals surface area contributed by atoms with E-state index < -0.39 is 11.4 Å². The van der Waals surface area contributed by atoms with Crippen molar-refractivity contribution in [2.24, 2.45) is 5.41 Å². The standard InChI is InChI=1S/C27H37ClN6O2/c1-19(16-35-2)32-20-6-8-21(9-7-20)33-26-14-22(23(28)15-30-26)24-4-3-5-25(34-24)31-18-27(17-29)10-12-36-13-11-27/h3-5,14-15,19-21,32H,6-13,16,18H2,1-2H3,(H,30,33)(H,31,34)/i19D. The van der Waals surface area contributed by atoms with Gasteiger partial charge in [0.2, 0.25) is 0 Å². The maximum Gasteiger partial charge on any atom is 0.126 e. The topological polar surface area (TPSA) is 104 Å². The summed E-state index contributed by atoms with van der Waals surface area (Å²) in [4.78, 5) is 9.28. The second-order valence-electron chi connectivity index (χ2n) is 9.87. The predicted octanol–water partition coefficient (Wildman–Crippen LogP) is 4.88. The van der Waals surface area contributed by atoms with E-state index in [1.54, 1.807) is 13.3 Å². The van der Waals surface area contributed by atoms with Crippen LogP contribution in [0.2, 0.25) is 5.02 Å². The lowest BCUT2D eigenvalue weighted by Crippen LogP contribution is -2.42. The van der Waals surface area contributed by atoms with Crippen molar-refractivity contribution in [3.63, 3.8) is 0 Å². The second kappa shape index (κ2) is 12.7. The minimum Gasteiger partial charge on any atom is -0.383 e. The Morgan fingerprint density at radius 2 is 2.00 bits per heavy atom. The molecule has 2 aromatic heterocycles. The third-order valence-corrected chi connectivity index (χ3v) is 7.37. The molecule has 4 rings (SSSR count). The first-order chi connectivity index (χ1) is 17.8. The van der Waals surface area contributed by atoms with Crippen molar-refractivity contribution in [3.05, 3.63) is 35.5 Å². The van der Waals surface area contributed by atoms with Gasteiger partial charge in [0.15, 0.2) is 0 Å². The Labute approximate surface area is 220 Å². The summed E-state index contributed by atoms with van der Waals surface area (Å²) < 4.78 is 18.9. The van der Waals surface area contributed by atoms with Gasteiger partial charge in [-0.1, -0.05) is 17.7 Å². The number of nitrogens with one attached hydrogen (secondary N) is 3. The fraction of sp³-hybridized carbons (Fsp3) is 0.593. The maximum absolute atomic E-state index is 9.73. The van der Waals surface area contributed by atoms with Gasteiger partial charge in [-0.3, -0.25) is 0 Å². The maximum atomic E-state index is 9.73. The molecular weight excluding hydrogens is 476 g/mol. The van der Waals surface area contributed by atoms with E-state index in [1.807, 2.05) is 31.2 Å². The normalized spacial score (nSPS) is 23.7. The van der Waals surface area contributed by atoms with Gasteiger partial charge in [-0.15, -0.1) is 0 Å². The van der Waals surface area contributed by atoms with Crippen LogP contribution < -0.4 is 16.0 Å². The van der Waals surface area contributed by atoms with E-state index in [9.17, 15) is 5.26 Å². The van der Waals surface area contributed by atoms with Crippen molar-refractivity contribution in [2.75, 3.05) is 44.1 Å². The molecule has 8 nitrogen and oxygen atoms in total. The molecule has 1 aliphatic carbocycles. The molecule has 0 radical (unpaired) electrons. The quantitative estimate of drug-likeness (QED) is 0.413. The molecule has 0 amide bonds. The molecule has 1 saturated heterocycles. The zero-order valence-corrected chi connectivity index (χ0v) is 21.9. The third-order valence-electron chi connectivity index (χ3n) is 7.07. The number of ether oxygens (including phenoxy) is 2. The summed E-state index contributed by atoms with van der Waals surface area (Å²) >= 11 is 6.53. The van der Waals surface area contributed by atoms with Crippen LogP contribution in [0.5, 0.6) is 0 Å². The summed E-state index contributed by atoms with van der Waals surface area (Å²) in [7, 11) is 1.63. The smallest absolute Gasteiger partial charge is 0.126 e. The third kappa shape index (κ3) is 7.07. The molecule has 2 aliphatic rings. The van der Waals surface area contributed by atoms with Crippen LogP contribution in [0.15, 0.2) is 30.5 Å². The average molecular weight is 514 g/mol. The molecule has 0 spiro atoms. The highest BCUT2D eigenvalue weighted by Gasteiger charge is 2.32. The molecule has 3 heterocycles. The number of nitriles is 1. The first-order valence-corrected chi connectivity index (χ1v) is 13.1. The molecule has 3 N–H and O–H groups in total. The lowest BCUT2D eigenvalue weighted by molar-refractivity contribution is 0.0455. The van der Waals surface area contributed by atoms with Gasteiger partial charge in [0.25, 0.3) is 0 Å². The summed E-state index contributed by atoms with van der Waals surface area (Å²) in [5.74, 6) is 1.48. The minimum atomic E-state index is -0.775. The molecule has 36 heavy (non-hydrogen) atoms. The Morgan fingerprint density at radius 3 is 2.72 bits per heavy atom. The summed E-state index contributed by atoms with van der Waals surface area (Å²) in [6, 6.07) is 10.1. The van der Waals surface area contributed by atoms with Crippen LogP contribution in [-0.2, 0) is 9.47 Å². The number of pyridine rings is 2. The molecule has 2 aromatic rings. The van der Waals surface area contributed by atoms with Gasteiger partial charge in [0.1, 0.15) is 11.6 Å². The highest BCUT2D eigenvalue weighted by Crippen LogP contribution is 2.32. The SMILES string of the molecule is [2H]C(C)(COC)NC1CCC(Nc2cc(-c3cccc(NCC4(C#N)CCOCC4)n3)c(Cl)cn2)CC1. The van der Waals surface area contributed by atoms with Crippen LogP contribution >= 0.6 is 11.6 Å². The van der Waals surface area contributed by atoms with Crippen molar-refractivity contribution < 1.29 is 10.8 Å². The van der Waals surface area contributed by atoms with E-state index in [0.29, 0.717) is 49.3 Å². The van der Waals surface area contributed by atoms with Crippen LogP contribution in [-0.4, -0.2) is 61.5 Å². The number of hydrogen-bond donors (Lipinski definition) is 3. The van der Waals surface area contributed by atoms with E-state index in [-0.39, 0.29) is 0 Å². The van der Waals surface area contributed by atoms with Gasteiger partial charge < -0.3 is 25.4 Å². The molecule has 0 bridgehead atoms. The Hall–Kier alpha value is -2.44. The lowest BCUT2D eigenvalue weighted by atomic mass is 9.82. The van der Waals surface area contributed by atoms with Crippen LogP contribution in [0.4, 0.5) is 11.6 Å². The second-order valence-corrected chi connectivity index (χ2v) is 10.3. The van der Waals surface area contributed by atoms with Crippen molar-refractivity contribution in [3.8, 4) is 17.3 Å². The zero-order chi connectivity index (χ0) is 26.3. The van der Waals surface area contributed by atoms with Crippen LogP contribution in [0, 0.1) is 16.7 Å². The highest BCUT2D eigenvalue weighted by atomic mass is 35.5. The van der Waals surface area contributed by atoms with Crippen LogP contribution in [0.3, 0.4) is 0 Å². The molecule has 1 unspecified atom stereocenters. The molecule has 0 aromatic carbocycles. The summed E-state index contributed by atoms with van der Waals surface area (Å²) in [6.07, 6.45) is 7.05. The fourth-order valence-electron chi connectivity index (χ4n) is 4.94. The summed E-state index contributed by atoms with van der Waals surface area (Å²) in [6.45, 7) is 3.97. The Morgan fingerprint density at radius 1 is 1.25 bits per heavy atom. The number of aromatic nitrogens is 2. The molecule has 1 atom stereocenters. The van der Waals surface area contributed by atoms with Crippen LogP contribution in [0.25, 0.3) is 11.3 Å². The Balaban J connectivity index is 1.37.